The molecule has 2 rings (SSSR count). The minimum Gasteiger partial charge on any atom is -0.336 e. The van der Waals surface area contributed by atoms with Crippen LogP contribution in [-0.2, 0) is 4.79 Å². The lowest BCUT2D eigenvalue weighted by molar-refractivity contribution is -0.116. The van der Waals surface area contributed by atoms with Crippen LogP contribution >= 0.6 is 0 Å². The Morgan fingerprint density at radius 1 is 1.50 bits per heavy atom. The number of fused-ring (bicyclic) bond motifs is 1. The van der Waals surface area contributed by atoms with E-state index in [4.69, 9.17) is 0 Å². The van der Waals surface area contributed by atoms with Crippen molar-refractivity contribution in [1.82, 2.24) is 10.2 Å². The monoisotopic (exact) mass is 140 g/mol. The summed E-state index contributed by atoms with van der Waals surface area (Å²) in [4.78, 5) is 23.2. The second kappa shape index (κ2) is 1.71. The number of amides is 2. The van der Waals surface area contributed by atoms with Gasteiger partial charge < -0.3 is 10.2 Å². The summed E-state index contributed by atoms with van der Waals surface area (Å²) in [6.07, 6.45) is 0.540. The van der Waals surface area contributed by atoms with E-state index >= 15 is 0 Å². The van der Waals surface area contributed by atoms with E-state index < -0.39 is 0 Å². The summed E-state index contributed by atoms with van der Waals surface area (Å²) in [6.45, 7) is 0.959. The van der Waals surface area contributed by atoms with E-state index in [1.54, 1.807) is 4.90 Å². The molecular formula is C6H8N2O2. The topological polar surface area (TPSA) is 49.4 Å². The number of ketones is 1. The normalized spacial score (nSPS) is 30.8. The zero-order valence-corrected chi connectivity index (χ0v) is 5.46. The fourth-order valence-corrected chi connectivity index (χ4v) is 1.48. The molecule has 2 aliphatic heterocycles. The van der Waals surface area contributed by atoms with Crippen molar-refractivity contribution in [2.24, 2.45) is 0 Å². The van der Waals surface area contributed by atoms with Crippen molar-refractivity contribution in [1.29, 1.82) is 0 Å². The molecule has 0 bridgehead atoms. The molecule has 0 spiro atoms. The van der Waals surface area contributed by atoms with Gasteiger partial charge in [0.05, 0.1) is 12.6 Å². The van der Waals surface area contributed by atoms with Crippen molar-refractivity contribution in [3.8, 4) is 0 Å². The number of carbonyl (C=O) groups excluding carboxylic acids is 2. The zero-order chi connectivity index (χ0) is 7.14. The smallest absolute Gasteiger partial charge is 0.318 e. The maximum absolute atomic E-state index is 10.9. The van der Waals surface area contributed by atoms with Gasteiger partial charge in [-0.05, 0) is 0 Å². The van der Waals surface area contributed by atoms with Gasteiger partial charge in [0.1, 0.15) is 0 Å². The summed E-state index contributed by atoms with van der Waals surface area (Å²) in [5.41, 5.74) is 0. The van der Waals surface area contributed by atoms with Crippen molar-refractivity contribution in [3.63, 3.8) is 0 Å². The second-order valence-electron chi connectivity index (χ2n) is 2.71. The fourth-order valence-electron chi connectivity index (χ4n) is 1.48. The Labute approximate surface area is 58.2 Å². The van der Waals surface area contributed by atoms with Gasteiger partial charge in [-0.15, -0.1) is 0 Å². The molecule has 0 aromatic carbocycles. The highest BCUT2D eigenvalue weighted by molar-refractivity contribution is 5.91. The molecule has 2 amide bonds. The number of carbonyl (C=O) groups is 2. The average Bonchev–Trinajstić information content (AvgIpc) is 2.35. The third-order valence-electron chi connectivity index (χ3n) is 2.00. The van der Waals surface area contributed by atoms with Crippen molar-refractivity contribution in [2.45, 2.75) is 12.5 Å². The lowest BCUT2D eigenvalue weighted by atomic mass is 10.2. The molecule has 10 heavy (non-hydrogen) atoms. The zero-order valence-electron chi connectivity index (χ0n) is 5.46. The van der Waals surface area contributed by atoms with Crippen LogP contribution in [0.5, 0.6) is 0 Å². The van der Waals surface area contributed by atoms with Crippen LogP contribution in [-0.4, -0.2) is 35.8 Å². The van der Waals surface area contributed by atoms with E-state index in [1.165, 1.54) is 0 Å². The van der Waals surface area contributed by atoms with Crippen LogP contribution in [0, 0.1) is 0 Å². The van der Waals surface area contributed by atoms with E-state index in [2.05, 4.69) is 5.32 Å². The lowest BCUT2D eigenvalue weighted by Crippen LogP contribution is -2.29. The van der Waals surface area contributed by atoms with Gasteiger partial charge in [0, 0.05) is 13.0 Å². The van der Waals surface area contributed by atoms with Crippen molar-refractivity contribution in [2.75, 3.05) is 13.1 Å². The summed E-state index contributed by atoms with van der Waals surface area (Å²) in [6, 6.07) is 0.0656. The Hall–Kier alpha value is -1.06. The van der Waals surface area contributed by atoms with E-state index in [1.807, 2.05) is 0 Å². The summed E-state index contributed by atoms with van der Waals surface area (Å²) < 4.78 is 0. The highest BCUT2D eigenvalue weighted by Crippen LogP contribution is 2.17. The first-order valence-electron chi connectivity index (χ1n) is 3.33. The van der Waals surface area contributed by atoms with Gasteiger partial charge in [0.15, 0.2) is 5.78 Å². The van der Waals surface area contributed by atoms with Crippen LogP contribution in [0.4, 0.5) is 4.79 Å². The summed E-state index contributed by atoms with van der Waals surface area (Å²) >= 11 is 0. The quantitative estimate of drug-likeness (QED) is 0.486. The molecule has 54 valence electrons. The van der Waals surface area contributed by atoms with Crippen molar-refractivity contribution < 1.29 is 9.59 Å². The molecule has 2 heterocycles. The predicted octanol–water partition coefficient (Wildman–Crippen LogP) is -0.647. The first-order valence-corrected chi connectivity index (χ1v) is 3.33. The van der Waals surface area contributed by atoms with Crippen LogP contribution in [0.25, 0.3) is 0 Å². The molecule has 0 aromatic rings. The molecule has 1 N–H and O–H groups in total. The van der Waals surface area contributed by atoms with Gasteiger partial charge in [-0.2, -0.15) is 0 Å². The molecule has 0 aliphatic carbocycles. The van der Waals surface area contributed by atoms with E-state index in [0.29, 0.717) is 19.5 Å². The summed E-state index contributed by atoms with van der Waals surface area (Å²) in [5, 5.41) is 2.68. The Bertz CT molecular complexity index is 202. The number of hydrogen-bond acceptors (Lipinski definition) is 2. The van der Waals surface area contributed by atoms with E-state index in [0.717, 1.165) is 0 Å². The van der Waals surface area contributed by atoms with Gasteiger partial charge in [0.25, 0.3) is 0 Å². The highest BCUT2D eigenvalue weighted by Gasteiger charge is 2.38. The van der Waals surface area contributed by atoms with Crippen LogP contribution in [0.1, 0.15) is 6.42 Å². The molecule has 4 heteroatoms. The number of rotatable bonds is 0. The molecule has 4 nitrogen and oxygen atoms in total. The molecule has 0 aromatic heterocycles. The largest absolute Gasteiger partial charge is 0.336 e. The lowest BCUT2D eigenvalue weighted by Gasteiger charge is -2.09. The third-order valence-corrected chi connectivity index (χ3v) is 2.00. The molecule has 1 atom stereocenters. The predicted molar refractivity (Wildman–Crippen MR) is 33.5 cm³/mol. The number of nitrogens with one attached hydrogen (secondary N) is 1. The first kappa shape index (κ1) is 5.70. The van der Waals surface area contributed by atoms with Crippen molar-refractivity contribution >= 4 is 11.8 Å². The van der Waals surface area contributed by atoms with Crippen molar-refractivity contribution in [3.05, 3.63) is 0 Å². The Morgan fingerprint density at radius 2 is 2.30 bits per heavy atom. The van der Waals surface area contributed by atoms with Crippen LogP contribution < -0.4 is 5.32 Å². The SMILES string of the molecule is O=C1C[C@H]2CNC(=O)N2C1. The maximum Gasteiger partial charge on any atom is 0.318 e. The van der Waals surface area contributed by atoms with Gasteiger partial charge in [-0.1, -0.05) is 0 Å². The minimum atomic E-state index is -0.0872. The minimum absolute atomic E-state index is 0.0872. The van der Waals surface area contributed by atoms with Gasteiger partial charge in [-0.25, -0.2) is 4.79 Å². The number of hydrogen-bond donors (Lipinski definition) is 1. The average molecular weight is 140 g/mol. The Kier molecular flexibility index (Phi) is 0.977. The molecule has 2 fully saturated rings. The maximum atomic E-state index is 10.9. The molecule has 2 saturated heterocycles. The van der Waals surface area contributed by atoms with Gasteiger partial charge in [-0.3, -0.25) is 4.79 Å². The van der Waals surface area contributed by atoms with Crippen LogP contribution in [0.3, 0.4) is 0 Å². The van der Waals surface area contributed by atoms with Crippen LogP contribution in [0.2, 0.25) is 0 Å². The number of urea groups is 1. The van der Waals surface area contributed by atoms with E-state index in [-0.39, 0.29) is 17.9 Å². The number of Topliss-reactive ketones (excluding diaryl/α,β-unsaturated/α-hetero) is 1. The molecule has 0 saturated carbocycles. The van der Waals surface area contributed by atoms with Gasteiger partial charge >= 0.3 is 6.03 Å². The first-order chi connectivity index (χ1) is 4.77. The Morgan fingerprint density at radius 3 is 3.00 bits per heavy atom. The fraction of sp³-hybridized carbons (Fsp3) is 0.667. The molecule has 2 aliphatic rings. The summed E-state index contributed by atoms with van der Waals surface area (Å²) in [5.74, 6) is 0.180. The standard InChI is InChI=1S/C6H8N2O2/c9-5-1-4-2-7-6(10)8(4)3-5/h4H,1-3H2,(H,7,10)/t4-/m0/s1. The molecular weight excluding hydrogens is 132 g/mol. The molecule has 0 radical (unpaired) electrons. The second-order valence-corrected chi connectivity index (χ2v) is 2.71. The highest BCUT2D eigenvalue weighted by atomic mass is 16.2. The van der Waals surface area contributed by atoms with Gasteiger partial charge in [0.2, 0.25) is 0 Å². The Balaban J connectivity index is 2.19. The number of nitrogens with zero attached hydrogens (tertiary/aromatic N) is 1. The summed E-state index contributed by atoms with van der Waals surface area (Å²) in [7, 11) is 0. The molecule has 0 unspecified atom stereocenters. The van der Waals surface area contributed by atoms with E-state index in [9.17, 15) is 9.59 Å². The van der Waals surface area contributed by atoms with Crippen LogP contribution in [0.15, 0.2) is 0 Å². The third kappa shape index (κ3) is 0.616.